The quantitative estimate of drug-likeness (QED) is 0.216. The highest BCUT2D eigenvalue weighted by Crippen LogP contribution is 2.31. The van der Waals surface area contributed by atoms with Gasteiger partial charge in [-0.2, -0.15) is 0 Å². The zero-order valence-corrected chi connectivity index (χ0v) is 24.0. The highest BCUT2D eigenvalue weighted by atomic mass is 28.3. The normalized spacial score (nSPS) is 15.8. The van der Waals surface area contributed by atoms with E-state index in [1.54, 1.807) is 0 Å². The molecule has 2 nitrogen and oxygen atoms in total. The van der Waals surface area contributed by atoms with E-state index in [0.717, 1.165) is 40.0 Å². The van der Waals surface area contributed by atoms with Crippen LogP contribution in [0.25, 0.3) is 50.5 Å². The summed E-state index contributed by atoms with van der Waals surface area (Å²) in [5, 5.41) is 1.28. The van der Waals surface area contributed by atoms with Crippen molar-refractivity contribution in [3.63, 3.8) is 0 Å². The number of benzene rings is 4. The van der Waals surface area contributed by atoms with E-state index in [4.69, 9.17) is 9.97 Å². The highest BCUT2D eigenvalue weighted by molar-refractivity contribution is 6.91. The summed E-state index contributed by atoms with van der Waals surface area (Å²) < 4.78 is 0. The second kappa shape index (κ2) is 10.9. The van der Waals surface area contributed by atoms with E-state index in [0.29, 0.717) is 0 Å². The molecule has 40 heavy (non-hydrogen) atoms. The Morgan fingerprint density at radius 2 is 1.12 bits per heavy atom. The number of nitrogens with zero attached hydrogens (tertiary/aromatic N) is 2. The number of aromatic nitrogens is 2. The standard InChI is InChI=1S/C37H32N2Si/c1-27-14-7-6-12-25-40(2,3)36-34(27)38-37(39-35(36)30-17-10-5-11-18-30)31-23-21-29(22-24-31)33-20-13-19-32(26-33)28-15-8-4-9-16-28/h4-24,26H,1,25H2,2-3H3/b12-6-,14-7-. The van der Waals surface area contributed by atoms with Crippen molar-refractivity contribution in [1.29, 1.82) is 0 Å². The van der Waals surface area contributed by atoms with Crippen molar-refractivity contribution in [3.8, 4) is 44.9 Å². The number of rotatable bonds is 4. The molecule has 0 unspecified atom stereocenters. The molecule has 3 heteroatoms. The van der Waals surface area contributed by atoms with Gasteiger partial charge in [-0.1, -0.05) is 147 Å². The predicted octanol–water partition coefficient (Wildman–Crippen LogP) is 9.20. The van der Waals surface area contributed by atoms with E-state index < -0.39 is 8.07 Å². The van der Waals surface area contributed by atoms with Crippen LogP contribution < -0.4 is 5.19 Å². The Morgan fingerprint density at radius 3 is 1.80 bits per heavy atom. The molecule has 0 bridgehead atoms. The van der Waals surface area contributed by atoms with Gasteiger partial charge in [-0.05, 0) is 45.1 Å². The zero-order chi connectivity index (χ0) is 27.5. The van der Waals surface area contributed by atoms with Gasteiger partial charge >= 0.3 is 0 Å². The molecular formula is C37H32N2Si. The van der Waals surface area contributed by atoms with Crippen LogP contribution in [-0.2, 0) is 0 Å². The third-order valence-corrected chi connectivity index (χ3v) is 10.6. The van der Waals surface area contributed by atoms with Crippen LogP contribution >= 0.6 is 0 Å². The Hall–Kier alpha value is -4.60. The molecule has 0 amide bonds. The summed E-state index contributed by atoms with van der Waals surface area (Å²) in [5.74, 6) is 0.730. The van der Waals surface area contributed by atoms with Crippen LogP contribution in [0.1, 0.15) is 5.69 Å². The first-order chi connectivity index (χ1) is 19.5. The van der Waals surface area contributed by atoms with Crippen molar-refractivity contribution in [2.24, 2.45) is 0 Å². The summed E-state index contributed by atoms with van der Waals surface area (Å²) in [7, 11) is -1.92. The molecule has 0 fully saturated rings. The number of hydrogen-bond donors (Lipinski definition) is 0. The van der Waals surface area contributed by atoms with Crippen LogP contribution in [0.15, 0.2) is 140 Å². The van der Waals surface area contributed by atoms with Crippen molar-refractivity contribution < 1.29 is 0 Å². The molecule has 194 valence electrons. The maximum Gasteiger partial charge on any atom is 0.160 e. The molecule has 0 saturated carbocycles. The van der Waals surface area contributed by atoms with Gasteiger partial charge in [0.05, 0.1) is 19.5 Å². The van der Waals surface area contributed by atoms with Gasteiger partial charge in [-0.25, -0.2) is 9.97 Å². The lowest BCUT2D eigenvalue weighted by molar-refractivity contribution is 1.17. The van der Waals surface area contributed by atoms with Crippen molar-refractivity contribution in [3.05, 3.63) is 146 Å². The third-order valence-electron chi connectivity index (χ3n) is 7.56. The maximum absolute atomic E-state index is 5.25. The monoisotopic (exact) mass is 532 g/mol. The molecule has 5 aromatic rings. The summed E-state index contributed by atoms with van der Waals surface area (Å²) in [6, 6.07) is 39.4. The fourth-order valence-corrected chi connectivity index (χ4v) is 8.01. The minimum atomic E-state index is -1.92. The largest absolute Gasteiger partial charge is 0.228 e. The van der Waals surface area contributed by atoms with E-state index >= 15 is 0 Å². The number of allylic oxidation sites excluding steroid dienone is 5. The SMILES string of the molecule is C=C1/C=C\C=C/C[Si](C)(C)c2c1nc(-c1ccc(-c3cccc(-c4ccccc4)c3)cc1)nc2-c1ccccc1. The van der Waals surface area contributed by atoms with Gasteiger partial charge in [0, 0.05) is 11.1 Å². The predicted molar refractivity (Wildman–Crippen MR) is 173 cm³/mol. The first-order valence-corrected chi connectivity index (χ1v) is 17.0. The molecule has 6 rings (SSSR count). The van der Waals surface area contributed by atoms with Crippen LogP contribution in [0, 0.1) is 0 Å². The minimum Gasteiger partial charge on any atom is -0.228 e. The average molecular weight is 533 g/mol. The molecule has 2 heterocycles. The molecule has 4 aromatic carbocycles. The van der Waals surface area contributed by atoms with Crippen LogP contribution in [0.3, 0.4) is 0 Å². The Morgan fingerprint density at radius 1 is 0.575 bits per heavy atom. The molecule has 0 N–H and O–H groups in total. The van der Waals surface area contributed by atoms with E-state index in [1.165, 1.54) is 27.4 Å². The number of fused-ring (bicyclic) bond motifs is 1. The van der Waals surface area contributed by atoms with E-state index in [1.807, 2.05) is 0 Å². The van der Waals surface area contributed by atoms with Crippen LogP contribution in [0.4, 0.5) is 0 Å². The number of hydrogen-bond acceptors (Lipinski definition) is 2. The summed E-state index contributed by atoms with van der Waals surface area (Å²) in [6.07, 6.45) is 8.55. The van der Waals surface area contributed by atoms with Gasteiger partial charge in [0.1, 0.15) is 0 Å². The fraction of sp³-hybridized carbons (Fsp3) is 0.0811. The van der Waals surface area contributed by atoms with E-state index in [9.17, 15) is 0 Å². The third kappa shape index (κ3) is 5.16. The van der Waals surface area contributed by atoms with Crippen molar-refractivity contribution in [1.82, 2.24) is 9.97 Å². The highest BCUT2D eigenvalue weighted by Gasteiger charge is 2.32. The van der Waals surface area contributed by atoms with E-state index in [-0.39, 0.29) is 0 Å². The molecule has 0 atom stereocenters. The lowest BCUT2D eigenvalue weighted by Crippen LogP contribution is -2.45. The molecular weight excluding hydrogens is 501 g/mol. The summed E-state index contributed by atoms with van der Waals surface area (Å²) in [4.78, 5) is 10.4. The second-order valence-corrected chi connectivity index (χ2v) is 15.6. The molecule has 1 aliphatic rings. The van der Waals surface area contributed by atoms with E-state index in [2.05, 4.69) is 153 Å². The summed E-state index contributed by atoms with van der Waals surface area (Å²) >= 11 is 0. The lowest BCUT2D eigenvalue weighted by Gasteiger charge is -2.27. The minimum absolute atomic E-state index is 0.730. The lowest BCUT2D eigenvalue weighted by atomic mass is 9.98. The Balaban J connectivity index is 1.45. The van der Waals surface area contributed by atoms with Crippen LogP contribution in [0.5, 0.6) is 0 Å². The molecule has 1 aliphatic heterocycles. The second-order valence-electron chi connectivity index (χ2n) is 10.9. The van der Waals surface area contributed by atoms with Crippen LogP contribution in [0.2, 0.25) is 19.1 Å². The Bertz CT molecular complexity index is 1730. The Labute approximate surface area is 238 Å². The zero-order valence-electron chi connectivity index (χ0n) is 23.0. The smallest absolute Gasteiger partial charge is 0.160 e. The summed E-state index contributed by atoms with van der Waals surface area (Å²) in [5.41, 5.74) is 9.83. The van der Waals surface area contributed by atoms with Gasteiger partial charge in [-0.15, -0.1) is 0 Å². The molecule has 0 radical (unpaired) electrons. The van der Waals surface area contributed by atoms with Crippen molar-refractivity contribution in [2.45, 2.75) is 19.1 Å². The van der Waals surface area contributed by atoms with Gasteiger partial charge in [0.15, 0.2) is 5.82 Å². The van der Waals surface area contributed by atoms with Crippen molar-refractivity contribution >= 4 is 18.8 Å². The first kappa shape index (κ1) is 25.7. The van der Waals surface area contributed by atoms with Crippen molar-refractivity contribution in [2.75, 3.05) is 0 Å². The maximum atomic E-state index is 5.25. The average Bonchev–Trinajstić information content (AvgIpc) is 3.06. The van der Waals surface area contributed by atoms with Gasteiger partial charge < -0.3 is 0 Å². The van der Waals surface area contributed by atoms with Crippen LogP contribution in [-0.4, -0.2) is 18.0 Å². The molecule has 0 spiro atoms. The molecule has 0 aliphatic carbocycles. The topological polar surface area (TPSA) is 25.8 Å². The van der Waals surface area contributed by atoms with Gasteiger partial charge in [0.2, 0.25) is 0 Å². The van der Waals surface area contributed by atoms with Gasteiger partial charge in [-0.3, -0.25) is 0 Å². The van der Waals surface area contributed by atoms with Gasteiger partial charge in [0.25, 0.3) is 0 Å². The summed E-state index contributed by atoms with van der Waals surface area (Å²) in [6.45, 7) is 9.24. The molecule has 0 saturated heterocycles. The first-order valence-electron chi connectivity index (χ1n) is 13.8. The fourth-order valence-electron chi connectivity index (χ4n) is 5.38. The molecule has 1 aromatic heterocycles. The Kier molecular flexibility index (Phi) is 6.98.